The number of aromatic nitrogens is 2. The van der Waals surface area contributed by atoms with Gasteiger partial charge in [-0.3, -0.25) is 0 Å². The van der Waals surface area contributed by atoms with Gasteiger partial charge in [-0.1, -0.05) is 47.1 Å². The quantitative estimate of drug-likeness (QED) is 0.821. The second-order valence-corrected chi connectivity index (χ2v) is 6.04. The molecule has 0 amide bonds. The molecule has 0 bridgehead atoms. The summed E-state index contributed by atoms with van der Waals surface area (Å²) in [6, 6.07) is 8.25. The van der Waals surface area contributed by atoms with E-state index in [0.29, 0.717) is 0 Å². The Morgan fingerprint density at radius 2 is 2.16 bits per heavy atom. The highest BCUT2D eigenvalue weighted by Gasteiger charge is 2.11. The van der Waals surface area contributed by atoms with Crippen LogP contribution >= 0.6 is 27.7 Å². The summed E-state index contributed by atoms with van der Waals surface area (Å²) in [5.74, 6) is 0.925. The Hall–Kier alpha value is -1.07. The summed E-state index contributed by atoms with van der Waals surface area (Å²) in [6.45, 7) is 2.17. The summed E-state index contributed by atoms with van der Waals surface area (Å²) in [6.07, 6.45) is 3.67. The monoisotopic (exact) mass is 337 g/mol. The Kier molecular flexibility index (Phi) is 5.22. The molecule has 1 heterocycles. The van der Waals surface area contributed by atoms with Crippen LogP contribution in [0.15, 0.2) is 45.0 Å². The summed E-state index contributed by atoms with van der Waals surface area (Å²) in [5, 5.41) is 4.17. The highest BCUT2D eigenvalue weighted by Crippen LogP contribution is 2.32. The van der Waals surface area contributed by atoms with Gasteiger partial charge in [0.05, 0.1) is 0 Å². The lowest BCUT2D eigenvalue weighted by atomic mass is 10.2. The third-order valence-electron chi connectivity index (χ3n) is 2.65. The van der Waals surface area contributed by atoms with Crippen molar-refractivity contribution < 1.29 is 0 Å². The first-order valence-electron chi connectivity index (χ1n) is 6.19. The summed E-state index contributed by atoms with van der Waals surface area (Å²) < 4.78 is 1.08. The predicted octanol–water partition coefficient (Wildman–Crippen LogP) is 4.38. The highest BCUT2D eigenvalue weighted by molar-refractivity contribution is 9.10. The molecule has 3 nitrogen and oxygen atoms in total. The van der Waals surface area contributed by atoms with Gasteiger partial charge in [-0.15, -0.1) is 0 Å². The van der Waals surface area contributed by atoms with Crippen LogP contribution in [0.2, 0.25) is 0 Å². The lowest BCUT2D eigenvalue weighted by Gasteiger charge is -2.11. The lowest BCUT2D eigenvalue weighted by molar-refractivity contribution is 0.858. The van der Waals surface area contributed by atoms with Crippen molar-refractivity contribution in [3.63, 3.8) is 0 Å². The molecule has 0 aliphatic rings. The van der Waals surface area contributed by atoms with Gasteiger partial charge in [-0.2, -0.15) is 0 Å². The molecule has 100 valence electrons. The Morgan fingerprint density at radius 1 is 1.32 bits per heavy atom. The molecule has 0 aliphatic heterocycles. The van der Waals surface area contributed by atoms with E-state index in [4.69, 9.17) is 0 Å². The standard InChI is InChI=1S/C14H16BrN3S/c1-3-5-12-13(16-2)17-9-18-14(12)19-11-7-4-6-10(15)8-11/h4,6-9H,3,5H2,1-2H3,(H,16,17,18). The zero-order valence-electron chi connectivity index (χ0n) is 11.0. The molecular formula is C14H16BrN3S. The van der Waals surface area contributed by atoms with Gasteiger partial charge in [-0.05, 0) is 24.6 Å². The number of hydrogen-bond acceptors (Lipinski definition) is 4. The molecule has 0 spiro atoms. The average molecular weight is 338 g/mol. The van der Waals surface area contributed by atoms with Crippen LogP contribution in [0.5, 0.6) is 0 Å². The molecule has 1 aromatic heterocycles. The van der Waals surface area contributed by atoms with Gasteiger partial charge in [0, 0.05) is 22.0 Å². The minimum absolute atomic E-state index is 0.925. The normalized spacial score (nSPS) is 10.5. The number of nitrogens with one attached hydrogen (secondary N) is 1. The molecule has 0 saturated heterocycles. The number of hydrogen-bond donors (Lipinski definition) is 1. The molecule has 0 fully saturated rings. The van der Waals surface area contributed by atoms with Crippen LogP contribution in [0, 0.1) is 0 Å². The molecule has 0 aliphatic carbocycles. The van der Waals surface area contributed by atoms with Crippen molar-refractivity contribution in [2.24, 2.45) is 0 Å². The molecule has 19 heavy (non-hydrogen) atoms. The number of rotatable bonds is 5. The van der Waals surface area contributed by atoms with Crippen molar-refractivity contribution in [3.05, 3.63) is 40.6 Å². The topological polar surface area (TPSA) is 37.8 Å². The number of anilines is 1. The first kappa shape index (κ1) is 14.3. The van der Waals surface area contributed by atoms with Crippen molar-refractivity contribution in [2.45, 2.75) is 29.7 Å². The van der Waals surface area contributed by atoms with Crippen LogP contribution in [-0.4, -0.2) is 17.0 Å². The molecular weight excluding hydrogens is 322 g/mol. The minimum atomic E-state index is 0.925. The molecule has 5 heteroatoms. The van der Waals surface area contributed by atoms with Crippen LogP contribution in [0.3, 0.4) is 0 Å². The average Bonchev–Trinajstić information content (AvgIpc) is 2.41. The molecule has 1 N–H and O–H groups in total. The molecule has 0 unspecified atom stereocenters. The fourth-order valence-electron chi connectivity index (χ4n) is 1.82. The second-order valence-electron chi connectivity index (χ2n) is 4.07. The van der Waals surface area contributed by atoms with Crippen LogP contribution < -0.4 is 5.32 Å². The van der Waals surface area contributed by atoms with Gasteiger partial charge in [0.1, 0.15) is 17.2 Å². The lowest BCUT2D eigenvalue weighted by Crippen LogP contribution is -2.02. The largest absolute Gasteiger partial charge is 0.373 e. The maximum Gasteiger partial charge on any atom is 0.133 e. The van der Waals surface area contributed by atoms with Gasteiger partial charge in [-0.25, -0.2) is 9.97 Å². The van der Waals surface area contributed by atoms with Crippen molar-refractivity contribution in [1.29, 1.82) is 0 Å². The molecule has 0 atom stereocenters. The second kappa shape index (κ2) is 6.91. The number of halogens is 1. The van der Waals surface area contributed by atoms with E-state index in [2.05, 4.69) is 50.3 Å². The third kappa shape index (κ3) is 3.70. The van der Waals surface area contributed by atoms with Gasteiger partial charge in [0.2, 0.25) is 0 Å². The van der Waals surface area contributed by atoms with Crippen molar-refractivity contribution in [1.82, 2.24) is 9.97 Å². The van der Waals surface area contributed by atoms with E-state index in [1.807, 2.05) is 19.2 Å². The van der Waals surface area contributed by atoms with Crippen LogP contribution in [0.25, 0.3) is 0 Å². The van der Waals surface area contributed by atoms with Gasteiger partial charge in [0.15, 0.2) is 0 Å². The molecule has 2 rings (SSSR count). The third-order valence-corrected chi connectivity index (χ3v) is 4.18. The Balaban J connectivity index is 2.33. The Morgan fingerprint density at radius 3 is 2.84 bits per heavy atom. The number of benzene rings is 1. The Bertz CT molecular complexity index is 560. The van der Waals surface area contributed by atoms with Gasteiger partial charge >= 0.3 is 0 Å². The summed E-state index contributed by atoms with van der Waals surface area (Å²) in [7, 11) is 1.90. The van der Waals surface area contributed by atoms with Crippen LogP contribution in [-0.2, 0) is 6.42 Å². The maximum absolute atomic E-state index is 4.43. The van der Waals surface area contributed by atoms with Crippen molar-refractivity contribution in [2.75, 3.05) is 12.4 Å². The molecule has 0 saturated carbocycles. The first-order chi connectivity index (χ1) is 9.24. The van der Waals surface area contributed by atoms with Gasteiger partial charge < -0.3 is 5.32 Å². The zero-order chi connectivity index (χ0) is 13.7. The summed E-state index contributed by atoms with van der Waals surface area (Å²) in [4.78, 5) is 9.89. The van der Waals surface area contributed by atoms with Crippen LogP contribution in [0.4, 0.5) is 5.82 Å². The molecule has 2 aromatic rings. The first-order valence-corrected chi connectivity index (χ1v) is 7.80. The van der Waals surface area contributed by atoms with E-state index in [9.17, 15) is 0 Å². The predicted molar refractivity (Wildman–Crippen MR) is 83.8 cm³/mol. The summed E-state index contributed by atoms with van der Waals surface area (Å²) in [5.41, 5.74) is 1.19. The SMILES string of the molecule is CCCc1c(NC)ncnc1Sc1cccc(Br)c1. The maximum atomic E-state index is 4.43. The van der Waals surface area contributed by atoms with E-state index in [0.717, 1.165) is 28.2 Å². The Labute approximate surface area is 126 Å². The fraction of sp³-hybridized carbons (Fsp3) is 0.286. The smallest absolute Gasteiger partial charge is 0.133 e. The van der Waals surface area contributed by atoms with E-state index in [1.165, 1.54) is 10.5 Å². The van der Waals surface area contributed by atoms with Crippen molar-refractivity contribution in [3.8, 4) is 0 Å². The van der Waals surface area contributed by atoms with E-state index in [1.54, 1.807) is 18.1 Å². The van der Waals surface area contributed by atoms with E-state index in [-0.39, 0.29) is 0 Å². The zero-order valence-corrected chi connectivity index (χ0v) is 13.4. The van der Waals surface area contributed by atoms with Crippen molar-refractivity contribution >= 4 is 33.5 Å². The number of nitrogens with zero attached hydrogens (tertiary/aromatic N) is 2. The summed E-state index contributed by atoms with van der Waals surface area (Å²) >= 11 is 5.17. The van der Waals surface area contributed by atoms with E-state index >= 15 is 0 Å². The van der Waals surface area contributed by atoms with E-state index < -0.39 is 0 Å². The fourth-order valence-corrected chi connectivity index (χ4v) is 3.35. The minimum Gasteiger partial charge on any atom is -0.373 e. The van der Waals surface area contributed by atoms with Gasteiger partial charge in [0.25, 0.3) is 0 Å². The molecule has 0 radical (unpaired) electrons. The van der Waals surface area contributed by atoms with Crippen LogP contribution in [0.1, 0.15) is 18.9 Å². The highest BCUT2D eigenvalue weighted by atomic mass is 79.9. The molecule has 1 aromatic carbocycles.